The highest BCUT2D eigenvalue weighted by Crippen LogP contribution is 2.04. The van der Waals surface area contributed by atoms with Crippen molar-refractivity contribution < 1.29 is 4.48 Å². The summed E-state index contributed by atoms with van der Waals surface area (Å²) in [4.78, 5) is 0. The number of hydrogen-bond donors (Lipinski definition) is 0. The Labute approximate surface area is 74.8 Å². The summed E-state index contributed by atoms with van der Waals surface area (Å²) in [7, 11) is 8.21. The molecule has 0 unspecified atom stereocenters. The van der Waals surface area contributed by atoms with Crippen LogP contribution in [0.2, 0.25) is 6.04 Å². The van der Waals surface area contributed by atoms with E-state index in [2.05, 4.69) is 21.1 Å². The van der Waals surface area contributed by atoms with E-state index in [1.807, 2.05) is 0 Å². The van der Waals surface area contributed by atoms with E-state index in [-0.39, 0.29) is 0 Å². The minimum absolute atomic E-state index is 1.13. The molecule has 0 rings (SSSR count). The summed E-state index contributed by atoms with van der Waals surface area (Å²) >= 11 is 0. The van der Waals surface area contributed by atoms with Crippen molar-refractivity contribution in [2.75, 3.05) is 27.7 Å². The Bertz CT molecular complexity index is 86.1. The van der Waals surface area contributed by atoms with Gasteiger partial charge >= 0.3 is 0 Å². The van der Waals surface area contributed by atoms with Gasteiger partial charge in [-0.25, -0.2) is 0 Å². The molecule has 0 aliphatic carbocycles. The summed E-state index contributed by atoms with van der Waals surface area (Å²) in [6, 6.07) is 1.49. The van der Waals surface area contributed by atoms with E-state index < -0.39 is 0 Å². The summed E-state index contributed by atoms with van der Waals surface area (Å²) in [5.74, 6) is 0. The van der Waals surface area contributed by atoms with Gasteiger partial charge in [0.15, 0.2) is 0 Å². The Hall–Kier alpha value is 0.177. The smallest absolute Gasteiger partial charge is 0.0780 e. The van der Waals surface area contributed by atoms with Gasteiger partial charge in [0.25, 0.3) is 0 Å². The molecular weight excluding hydrogens is 150 g/mol. The molecule has 0 saturated heterocycles. The number of unbranched alkanes of at least 4 members (excludes halogenated alkanes) is 3. The number of rotatable bonds is 6. The van der Waals surface area contributed by atoms with Crippen molar-refractivity contribution in [3.63, 3.8) is 0 Å². The maximum atomic E-state index is 2.27. The standard InChI is InChI=1S/C9H24NSi/c1-10(2,3)8-6-4-5-7-9-11/h4-9H2,1-3,11H3/q+1. The van der Waals surface area contributed by atoms with Crippen LogP contribution in [-0.2, 0) is 0 Å². The number of hydrogen-bond acceptors (Lipinski definition) is 0. The molecule has 0 aromatic carbocycles. The molecule has 0 atom stereocenters. The quantitative estimate of drug-likeness (QED) is 0.321. The van der Waals surface area contributed by atoms with E-state index in [1.54, 1.807) is 0 Å². The van der Waals surface area contributed by atoms with Crippen molar-refractivity contribution in [1.29, 1.82) is 0 Å². The van der Waals surface area contributed by atoms with Gasteiger partial charge in [-0.15, -0.1) is 0 Å². The number of nitrogens with zero attached hydrogens (tertiary/aromatic N) is 1. The normalized spacial score (nSPS) is 12.3. The molecule has 0 N–H and O–H groups in total. The molecule has 0 bridgehead atoms. The molecule has 0 amide bonds. The summed E-state index contributed by atoms with van der Waals surface area (Å²) < 4.78 is 1.13. The van der Waals surface area contributed by atoms with Gasteiger partial charge in [0.05, 0.1) is 27.7 Å². The first-order chi connectivity index (χ1) is 5.06. The highest BCUT2D eigenvalue weighted by atomic mass is 28.1. The Kier molecular flexibility index (Phi) is 5.87. The predicted molar refractivity (Wildman–Crippen MR) is 56.1 cm³/mol. The zero-order valence-corrected chi connectivity index (χ0v) is 10.7. The lowest BCUT2D eigenvalue weighted by Gasteiger charge is -2.23. The molecule has 0 aromatic rings. The Balaban J connectivity index is 3.02. The third-order valence-corrected chi connectivity index (χ3v) is 2.64. The summed E-state index contributed by atoms with van der Waals surface area (Å²) in [6.45, 7) is 1.33. The first-order valence-corrected chi connectivity index (χ1v) is 6.28. The first kappa shape index (κ1) is 11.2. The lowest BCUT2D eigenvalue weighted by Crippen LogP contribution is -2.35. The van der Waals surface area contributed by atoms with Crippen LogP contribution in [-0.4, -0.2) is 42.4 Å². The molecule has 0 spiro atoms. The molecule has 0 heterocycles. The zero-order chi connectivity index (χ0) is 8.74. The topological polar surface area (TPSA) is 0 Å². The van der Waals surface area contributed by atoms with Crippen LogP contribution in [0.25, 0.3) is 0 Å². The number of quaternary nitrogens is 1. The van der Waals surface area contributed by atoms with Gasteiger partial charge in [-0.05, 0) is 12.8 Å². The van der Waals surface area contributed by atoms with E-state index >= 15 is 0 Å². The van der Waals surface area contributed by atoms with Gasteiger partial charge in [-0.2, -0.15) is 0 Å². The summed E-state index contributed by atoms with van der Waals surface area (Å²) in [6.07, 6.45) is 5.79. The van der Waals surface area contributed by atoms with Crippen LogP contribution < -0.4 is 0 Å². The van der Waals surface area contributed by atoms with E-state index in [9.17, 15) is 0 Å². The maximum Gasteiger partial charge on any atom is 0.0780 e. The van der Waals surface area contributed by atoms with Gasteiger partial charge < -0.3 is 4.48 Å². The average Bonchev–Trinajstić information content (AvgIpc) is 1.85. The van der Waals surface area contributed by atoms with Gasteiger partial charge in [0.1, 0.15) is 0 Å². The molecule has 0 aliphatic heterocycles. The van der Waals surface area contributed by atoms with Crippen molar-refractivity contribution in [2.45, 2.75) is 31.7 Å². The molecule has 0 saturated carbocycles. The van der Waals surface area contributed by atoms with Crippen LogP contribution >= 0.6 is 0 Å². The minimum atomic E-state index is 1.13. The van der Waals surface area contributed by atoms with Crippen molar-refractivity contribution in [1.82, 2.24) is 0 Å². The maximum absolute atomic E-state index is 2.27. The average molecular weight is 174 g/mol. The largest absolute Gasteiger partial charge is 0.331 e. The Morgan fingerprint density at radius 1 is 0.909 bits per heavy atom. The van der Waals surface area contributed by atoms with Crippen molar-refractivity contribution in [2.24, 2.45) is 0 Å². The van der Waals surface area contributed by atoms with Crippen molar-refractivity contribution in [3.8, 4) is 0 Å². The molecule has 11 heavy (non-hydrogen) atoms. The lowest BCUT2D eigenvalue weighted by atomic mass is 10.2. The van der Waals surface area contributed by atoms with E-state index in [0.29, 0.717) is 0 Å². The second-order valence-electron chi connectivity index (χ2n) is 4.43. The molecule has 1 nitrogen and oxygen atoms in total. The fourth-order valence-electron chi connectivity index (χ4n) is 1.19. The van der Waals surface area contributed by atoms with Gasteiger partial charge in [0, 0.05) is 10.2 Å². The molecule has 0 aliphatic rings. The van der Waals surface area contributed by atoms with Gasteiger partial charge in [-0.3, -0.25) is 0 Å². The monoisotopic (exact) mass is 174 g/mol. The molecule has 2 heteroatoms. The summed E-state index contributed by atoms with van der Waals surface area (Å²) in [5, 5.41) is 0. The van der Waals surface area contributed by atoms with Crippen LogP contribution in [0.1, 0.15) is 25.7 Å². The second-order valence-corrected chi connectivity index (χ2v) is 5.43. The third kappa shape index (κ3) is 10.2. The van der Waals surface area contributed by atoms with Crippen molar-refractivity contribution >= 4 is 10.2 Å². The molecule has 68 valence electrons. The Morgan fingerprint density at radius 2 is 1.45 bits per heavy atom. The van der Waals surface area contributed by atoms with Crippen LogP contribution in [0.15, 0.2) is 0 Å². The fraction of sp³-hybridized carbons (Fsp3) is 1.00. The molecule has 0 fully saturated rings. The third-order valence-electron chi connectivity index (χ3n) is 1.93. The fourth-order valence-corrected chi connectivity index (χ4v) is 1.69. The van der Waals surface area contributed by atoms with Gasteiger partial charge in [-0.1, -0.05) is 18.9 Å². The predicted octanol–water partition coefficient (Wildman–Crippen LogP) is 1.04. The highest BCUT2D eigenvalue weighted by molar-refractivity contribution is 6.08. The molecular formula is C9H24NSi+. The first-order valence-electron chi connectivity index (χ1n) is 4.86. The lowest BCUT2D eigenvalue weighted by molar-refractivity contribution is -0.870. The van der Waals surface area contributed by atoms with E-state index in [0.717, 1.165) is 4.48 Å². The van der Waals surface area contributed by atoms with E-state index in [4.69, 9.17) is 0 Å². The van der Waals surface area contributed by atoms with Crippen molar-refractivity contribution in [3.05, 3.63) is 0 Å². The Morgan fingerprint density at radius 3 is 1.91 bits per heavy atom. The van der Waals surface area contributed by atoms with Crippen LogP contribution in [0.4, 0.5) is 0 Å². The van der Waals surface area contributed by atoms with Gasteiger partial charge in [0.2, 0.25) is 0 Å². The SMILES string of the molecule is C[N+](C)(C)CCCCCC[SiH3]. The van der Waals surface area contributed by atoms with Crippen LogP contribution in [0.3, 0.4) is 0 Å². The zero-order valence-electron chi connectivity index (χ0n) is 8.69. The van der Waals surface area contributed by atoms with E-state index in [1.165, 1.54) is 48.5 Å². The summed E-state index contributed by atoms with van der Waals surface area (Å²) in [5.41, 5.74) is 0. The molecule has 0 aromatic heterocycles. The molecule has 0 radical (unpaired) electrons. The second kappa shape index (κ2) is 5.78. The van der Waals surface area contributed by atoms with Crippen LogP contribution in [0, 0.1) is 0 Å². The highest BCUT2D eigenvalue weighted by Gasteiger charge is 2.04. The van der Waals surface area contributed by atoms with Crippen LogP contribution in [0.5, 0.6) is 0 Å². The minimum Gasteiger partial charge on any atom is -0.331 e.